The Morgan fingerprint density at radius 2 is 1.70 bits per heavy atom. The number of nitrogens with two attached hydrogens (primary N) is 1. The van der Waals surface area contributed by atoms with Crippen LogP contribution < -0.4 is 15.8 Å². The summed E-state index contributed by atoms with van der Waals surface area (Å²) in [5, 5.41) is 3.10. The Morgan fingerprint density at radius 3 is 2.27 bits per heavy atom. The third kappa shape index (κ3) is 5.60. The third-order valence-electron chi connectivity index (χ3n) is 5.37. The van der Waals surface area contributed by atoms with Gasteiger partial charge in [-0.15, -0.1) is 0 Å². The highest BCUT2D eigenvalue weighted by Crippen LogP contribution is 2.41. The van der Waals surface area contributed by atoms with Crippen molar-refractivity contribution in [2.24, 2.45) is 11.7 Å². The lowest BCUT2D eigenvalue weighted by Crippen LogP contribution is -2.37. The number of esters is 1. The SMILES string of the molecule is CCCCOc1ccc(C(N)C(=O)NC(c2ccc(C(=O)OC)cc2)C2CC2)cc1. The summed E-state index contributed by atoms with van der Waals surface area (Å²) in [7, 11) is 1.36. The first kappa shape index (κ1) is 21.8. The molecule has 1 aliphatic rings. The Hall–Kier alpha value is -2.86. The molecule has 0 heterocycles. The maximum absolute atomic E-state index is 12.8. The summed E-state index contributed by atoms with van der Waals surface area (Å²) >= 11 is 0. The molecule has 3 N–H and O–H groups in total. The second-order valence-corrected chi connectivity index (χ2v) is 7.69. The van der Waals surface area contributed by atoms with Crippen LogP contribution in [0, 0.1) is 5.92 Å². The predicted molar refractivity (Wildman–Crippen MR) is 115 cm³/mol. The number of rotatable bonds is 10. The molecule has 0 saturated heterocycles. The van der Waals surface area contributed by atoms with Crippen molar-refractivity contribution >= 4 is 11.9 Å². The molecule has 0 radical (unpaired) electrons. The van der Waals surface area contributed by atoms with E-state index in [4.69, 9.17) is 15.2 Å². The zero-order valence-electron chi connectivity index (χ0n) is 17.6. The molecule has 6 heteroatoms. The Bertz CT molecular complexity index is 845. The van der Waals surface area contributed by atoms with E-state index in [1.54, 1.807) is 12.1 Å². The molecule has 0 aliphatic heterocycles. The number of ether oxygens (including phenoxy) is 2. The molecule has 1 fully saturated rings. The Balaban J connectivity index is 1.64. The van der Waals surface area contributed by atoms with Crippen LogP contribution in [-0.4, -0.2) is 25.6 Å². The van der Waals surface area contributed by atoms with E-state index in [0.717, 1.165) is 42.6 Å². The zero-order chi connectivity index (χ0) is 21.5. The van der Waals surface area contributed by atoms with Crippen LogP contribution in [0.1, 0.15) is 66.2 Å². The van der Waals surface area contributed by atoms with Crippen molar-refractivity contribution in [3.63, 3.8) is 0 Å². The first-order chi connectivity index (χ1) is 14.5. The van der Waals surface area contributed by atoms with Gasteiger partial charge >= 0.3 is 5.97 Å². The van der Waals surface area contributed by atoms with Gasteiger partial charge in [0.25, 0.3) is 0 Å². The highest BCUT2D eigenvalue weighted by molar-refractivity contribution is 5.89. The summed E-state index contributed by atoms with van der Waals surface area (Å²) < 4.78 is 10.4. The van der Waals surface area contributed by atoms with E-state index >= 15 is 0 Å². The monoisotopic (exact) mass is 410 g/mol. The minimum Gasteiger partial charge on any atom is -0.494 e. The number of hydrogen-bond donors (Lipinski definition) is 2. The molecule has 30 heavy (non-hydrogen) atoms. The van der Waals surface area contributed by atoms with Crippen molar-refractivity contribution in [3.05, 3.63) is 65.2 Å². The van der Waals surface area contributed by atoms with Crippen molar-refractivity contribution in [3.8, 4) is 5.75 Å². The first-order valence-corrected chi connectivity index (χ1v) is 10.5. The van der Waals surface area contributed by atoms with Gasteiger partial charge < -0.3 is 20.5 Å². The van der Waals surface area contributed by atoms with E-state index in [2.05, 4.69) is 12.2 Å². The van der Waals surface area contributed by atoms with Crippen LogP contribution >= 0.6 is 0 Å². The minimum atomic E-state index is -0.759. The fourth-order valence-corrected chi connectivity index (χ4v) is 3.35. The van der Waals surface area contributed by atoms with E-state index < -0.39 is 6.04 Å². The van der Waals surface area contributed by atoms with Gasteiger partial charge in [0.1, 0.15) is 11.8 Å². The summed E-state index contributed by atoms with van der Waals surface area (Å²) in [5.74, 6) is 0.571. The molecule has 2 atom stereocenters. The van der Waals surface area contributed by atoms with Crippen molar-refractivity contribution < 1.29 is 19.1 Å². The number of methoxy groups -OCH3 is 1. The van der Waals surface area contributed by atoms with Gasteiger partial charge in [0.05, 0.1) is 25.3 Å². The van der Waals surface area contributed by atoms with Crippen LogP contribution in [0.25, 0.3) is 0 Å². The largest absolute Gasteiger partial charge is 0.494 e. The summed E-state index contributed by atoms with van der Waals surface area (Å²) in [6, 6.07) is 13.7. The van der Waals surface area contributed by atoms with Crippen LogP contribution in [-0.2, 0) is 9.53 Å². The van der Waals surface area contributed by atoms with E-state index in [1.165, 1.54) is 7.11 Å². The molecule has 6 nitrogen and oxygen atoms in total. The van der Waals surface area contributed by atoms with Crippen molar-refractivity contribution in [2.75, 3.05) is 13.7 Å². The van der Waals surface area contributed by atoms with E-state index in [-0.39, 0.29) is 17.9 Å². The van der Waals surface area contributed by atoms with Gasteiger partial charge in [-0.3, -0.25) is 4.79 Å². The van der Waals surface area contributed by atoms with E-state index in [9.17, 15) is 9.59 Å². The van der Waals surface area contributed by atoms with Crippen LogP contribution in [0.15, 0.2) is 48.5 Å². The van der Waals surface area contributed by atoms with Gasteiger partial charge in [-0.25, -0.2) is 4.79 Å². The molecule has 2 aromatic rings. The fraction of sp³-hybridized carbons (Fsp3) is 0.417. The van der Waals surface area contributed by atoms with Crippen LogP contribution in [0.4, 0.5) is 0 Å². The second-order valence-electron chi connectivity index (χ2n) is 7.69. The van der Waals surface area contributed by atoms with Gasteiger partial charge in [-0.05, 0) is 60.6 Å². The molecular formula is C24H30N2O4. The average Bonchev–Trinajstić information content (AvgIpc) is 3.62. The predicted octanol–water partition coefficient (Wildman–Crippen LogP) is 3.92. The topological polar surface area (TPSA) is 90.6 Å². The maximum Gasteiger partial charge on any atom is 0.337 e. The molecule has 160 valence electrons. The van der Waals surface area contributed by atoms with E-state index in [1.807, 2.05) is 36.4 Å². The Morgan fingerprint density at radius 1 is 1.07 bits per heavy atom. The number of hydrogen-bond acceptors (Lipinski definition) is 5. The second kappa shape index (κ2) is 10.3. The molecular weight excluding hydrogens is 380 g/mol. The molecule has 3 rings (SSSR count). The highest BCUT2D eigenvalue weighted by Gasteiger charge is 2.34. The summed E-state index contributed by atoms with van der Waals surface area (Å²) in [6.07, 6.45) is 4.20. The van der Waals surface area contributed by atoms with Crippen molar-refractivity contribution in [1.82, 2.24) is 5.32 Å². The molecule has 2 unspecified atom stereocenters. The van der Waals surface area contributed by atoms with Crippen LogP contribution in [0.2, 0.25) is 0 Å². The summed E-state index contributed by atoms with van der Waals surface area (Å²) in [5.41, 5.74) is 8.42. The van der Waals surface area contributed by atoms with Gasteiger partial charge in [-0.2, -0.15) is 0 Å². The van der Waals surface area contributed by atoms with Crippen molar-refractivity contribution in [2.45, 2.75) is 44.7 Å². The Labute approximate surface area is 177 Å². The van der Waals surface area contributed by atoms with E-state index in [0.29, 0.717) is 18.1 Å². The number of nitrogens with one attached hydrogen (secondary N) is 1. The molecule has 0 spiro atoms. The number of carbonyl (C=O) groups is 2. The lowest BCUT2D eigenvalue weighted by molar-refractivity contribution is -0.123. The molecule has 1 amide bonds. The Kier molecular flexibility index (Phi) is 7.46. The van der Waals surface area contributed by atoms with Gasteiger partial charge in [0, 0.05) is 0 Å². The smallest absolute Gasteiger partial charge is 0.337 e. The van der Waals surface area contributed by atoms with Gasteiger partial charge in [0.2, 0.25) is 5.91 Å². The fourth-order valence-electron chi connectivity index (χ4n) is 3.35. The molecule has 1 saturated carbocycles. The van der Waals surface area contributed by atoms with Crippen LogP contribution in [0.3, 0.4) is 0 Å². The lowest BCUT2D eigenvalue weighted by Gasteiger charge is -2.22. The number of unbranched alkanes of at least 4 members (excludes halogenated alkanes) is 1. The van der Waals surface area contributed by atoms with Crippen molar-refractivity contribution in [1.29, 1.82) is 0 Å². The summed E-state index contributed by atoms with van der Waals surface area (Å²) in [6.45, 7) is 2.80. The molecule has 0 bridgehead atoms. The molecule has 1 aliphatic carbocycles. The quantitative estimate of drug-likeness (QED) is 0.458. The zero-order valence-corrected chi connectivity index (χ0v) is 17.6. The number of amides is 1. The minimum absolute atomic E-state index is 0.119. The number of benzene rings is 2. The van der Waals surface area contributed by atoms with Gasteiger partial charge in [0.15, 0.2) is 0 Å². The first-order valence-electron chi connectivity index (χ1n) is 10.5. The summed E-state index contributed by atoms with van der Waals surface area (Å²) in [4.78, 5) is 24.5. The molecule has 0 aromatic heterocycles. The number of carbonyl (C=O) groups excluding carboxylic acids is 2. The standard InChI is InChI=1S/C24H30N2O4/c1-3-4-15-30-20-13-11-16(12-14-20)21(25)23(27)26-22(17-5-6-17)18-7-9-19(10-8-18)24(28)29-2/h7-14,17,21-22H,3-6,15,25H2,1-2H3,(H,26,27). The average molecular weight is 411 g/mol. The molecule has 2 aromatic carbocycles. The highest BCUT2D eigenvalue weighted by atomic mass is 16.5. The van der Waals surface area contributed by atoms with Gasteiger partial charge in [-0.1, -0.05) is 37.6 Å². The maximum atomic E-state index is 12.8. The van der Waals surface area contributed by atoms with Crippen LogP contribution in [0.5, 0.6) is 5.75 Å². The third-order valence-corrected chi connectivity index (χ3v) is 5.37. The normalized spacial score (nSPS) is 15.2. The lowest BCUT2D eigenvalue weighted by atomic mass is 9.99.